The van der Waals surface area contributed by atoms with Crippen LogP contribution in [0.1, 0.15) is 44.1 Å². The average Bonchev–Trinajstić information content (AvgIpc) is 2.30. The zero-order valence-electron chi connectivity index (χ0n) is 9.89. The molecule has 1 aliphatic carbocycles. The Morgan fingerprint density at radius 3 is 2.44 bits per heavy atom. The highest BCUT2D eigenvalue weighted by molar-refractivity contribution is 5.29. The number of hydrogen-bond acceptors (Lipinski definition) is 2. The van der Waals surface area contributed by atoms with Crippen LogP contribution in [-0.4, -0.2) is 11.1 Å². The van der Waals surface area contributed by atoms with Gasteiger partial charge in [0.2, 0.25) is 0 Å². The lowest BCUT2D eigenvalue weighted by molar-refractivity contribution is 0.271. The Hall–Kier alpha value is -1.02. The second-order valence-electron chi connectivity index (χ2n) is 5.01. The van der Waals surface area contributed by atoms with Gasteiger partial charge in [-0.05, 0) is 49.3 Å². The number of aromatic hydroxyl groups is 1. The fourth-order valence-electron chi connectivity index (χ4n) is 2.92. The SMILES string of the molecule is CC(N)C1CCCCC1c1ccc(O)cc1. The van der Waals surface area contributed by atoms with Crippen molar-refractivity contribution < 1.29 is 5.11 Å². The van der Waals surface area contributed by atoms with Crippen molar-refractivity contribution in [2.45, 2.75) is 44.6 Å². The van der Waals surface area contributed by atoms with E-state index in [0.29, 0.717) is 17.6 Å². The van der Waals surface area contributed by atoms with E-state index in [0.717, 1.165) is 0 Å². The maximum Gasteiger partial charge on any atom is 0.115 e. The maximum absolute atomic E-state index is 9.31. The smallest absolute Gasteiger partial charge is 0.115 e. The first kappa shape index (κ1) is 11.5. The summed E-state index contributed by atoms with van der Waals surface area (Å²) in [6.07, 6.45) is 5.08. The standard InChI is InChI=1S/C14H21NO/c1-10(15)13-4-2-3-5-14(13)11-6-8-12(16)9-7-11/h6-10,13-14,16H,2-5,15H2,1H3. The van der Waals surface area contributed by atoms with Crippen LogP contribution in [-0.2, 0) is 0 Å². The van der Waals surface area contributed by atoms with Gasteiger partial charge in [-0.3, -0.25) is 0 Å². The molecule has 2 rings (SSSR count). The van der Waals surface area contributed by atoms with Gasteiger partial charge in [-0.2, -0.15) is 0 Å². The Bertz CT molecular complexity index is 331. The van der Waals surface area contributed by atoms with Gasteiger partial charge in [0.25, 0.3) is 0 Å². The van der Waals surface area contributed by atoms with Crippen LogP contribution in [0.25, 0.3) is 0 Å². The highest BCUT2D eigenvalue weighted by Gasteiger charge is 2.28. The van der Waals surface area contributed by atoms with Crippen LogP contribution in [0.5, 0.6) is 5.75 Å². The molecule has 0 aliphatic heterocycles. The summed E-state index contributed by atoms with van der Waals surface area (Å²) < 4.78 is 0. The van der Waals surface area contributed by atoms with Crippen molar-refractivity contribution in [3.63, 3.8) is 0 Å². The third kappa shape index (κ3) is 2.38. The molecule has 3 unspecified atom stereocenters. The highest BCUT2D eigenvalue weighted by Crippen LogP contribution is 2.39. The summed E-state index contributed by atoms with van der Waals surface area (Å²) >= 11 is 0. The molecule has 0 aromatic heterocycles. The molecule has 0 amide bonds. The maximum atomic E-state index is 9.31. The first-order chi connectivity index (χ1) is 7.68. The number of phenols is 1. The molecule has 3 N–H and O–H groups in total. The largest absolute Gasteiger partial charge is 0.508 e. The fraction of sp³-hybridized carbons (Fsp3) is 0.571. The molecule has 2 heteroatoms. The van der Waals surface area contributed by atoms with Gasteiger partial charge in [0.15, 0.2) is 0 Å². The third-order valence-corrected chi connectivity index (χ3v) is 3.82. The minimum Gasteiger partial charge on any atom is -0.508 e. The summed E-state index contributed by atoms with van der Waals surface area (Å²) in [5.41, 5.74) is 7.41. The summed E-state index contributed by atoms with van der Waals surface area (Å²) in [5.74, 6) is 1.52. The molecule has 3 atom stereocenters. The topological polar surface area (TPSA) is 46.2 Å². The van der Waals surface area contributed by atoms with Crippen LogP contribution in [0.2, 0.25) is 0 Å². The van der Waals surface area contributed by atoms with Gasteiger partial charge in [-0.25, -0.2) is 0 Å². The van der Waals surface area contributed by atoms with Crippen LogP contribution in [0.3, 0.4) is 0 Å². The van der Waals surface area contributed by atoms with E-state index in [1.54, 1.807) is 12.1 Å². The molecule has 0 heterocycles. The molecule has 1 saturated carbocycles. The second-order valence-corrected chi connectivity index (χ2v) is 5.01. The molecule has 0 spiro atoms. The molecule has 1 aliphatic rings. The van der Waals surface area contributed by atoms with Crippen molar-refractivity contribution >= 4 is 0 Å². The molecule has 88 valence electrons. The zero-order valence-corrected chi connectivity index (χ0v) is 9.89. The lowest BCUT2D eigenvalue weighted by Crippen LogP contribution is -2.33. The van der Waals surface area contributed by atoms with E-state index in [2.05, 4.69) is 6.92 Å². The average molecular weight is 219 g/mol. The summed E-state index contributed by atoms with van der Waals surface area (Å²) in [6.45, 7) is 2.11. The molecular formula is C14H21NO. The minimum atomic E-state index is 0.263. The van der Waals surface area contributed by atoms with Crippen molar-refractivity contribution in [3.8, 4) is 5.75 Å². The second kappa shape index (κ2) is 4.88. The van der Waals surface area contributed by atoms with E-state index in [1.165, 1.54) is 31.2 Å². The van der Waals surface area contributed by atoms with Crippen molar-refractivity contribution in [1.82, 2.24) is 0 Å². The molecule has 1 fully saturated rings. The predicted molar refractivity (Wildman–Crippen MR) is 66.5 cm³/mol. The van der Waals surface area contributed by atoms with Crippen LogP contribution < -0.4 is 5.73 Å². The van der Waals surface area contributed by atoms with Gasteiger partial charge in [0, 0.05) is 6.04 Å². The van der Waals surface area contributed by atoms with Gasteiger partial charge in [0.1, 0.15) is 5.75 Å². The van der Waals surface area contributed by atoms with Crippen molar-refractivity contribution in [1.29, 1.82) is 0 Å². The van der Waals surface area contributed by atoms with Crippen LogP contribution in [0.15, 0.2) is 24.3 Å². The number of nitrogens with two attached hydrogens (primary N) is 1. The molecule has 0 bridgehead atoms. The summed E-state index contributed by atoms with van der Waals surface area (Å²) in [5, 5.41) is 9.31. The predicted octanol–water partition coefficient (Wildman–Crippen LogP) is 3.01. The Morgan fingerprint density at radius 1 is 1.19 bits per heavy atom. The fourth-order valence-corrected chi connectivity index (χ4v) is 2.92. The Morgan fingerprint density at radius 2 is 1.81 bits per heavy atom. The zero-order chi connectivity index (χ0) is 11.5. The number of hydrogen-bond donors (Lipinski definition) is 2. The first-order valence-electron chi connectivity index (χ1n) is 6.23. The summed E-state index contributed by atoms with van der Waals surface area (Å²) in [7, 11) is 0. The molecule has 16 heavy (non-hydrogen) atoms. The lowest BCUT2D eigenvalue weighted by atomic mass is 9.72. The first-order valence-corrected chi connectivity index (χ1v) is 6.23. The van der Waals surface area contributed by atoms with E-state index in [1.807, 2.05) is 12.1 Å². The van der Waals surface area contributed by atoms with E-state index in [4.69, 9.17) is 5.73 Å². The number of phenolic OH excluding ortho intramolecular Hbond substituents is 1. The molecular weight excluding hydrogens is 198 g/mol. The lowest BCUT2D eigenvalue weighted by Gasteiger charge is -2.34. The Kier molecular flexibility index (Phi) is 3.49. The molecule has 0 radical (unpaired) electrons. The van der Waals surface area contributed by atoms with E-state index >= 15 is 0 Å². The van der Waals surface area contributed by atoms with Crippen LogP contribution in [0.4, 0.5) is 0 Å². The van der Waals surface area contributed by atoms with Crippen molar-refractivity contribution in [3.05, 3.63) is 29.8 Å². The van der Waals surface area contributed by atoms with E-state index < -0.39 is 0 Å². The van der Waals surface area contributed by atoms with Crippen LogP contribution >= 0.6 is 0 Å². The van der Waals surface area contributed by atoms with Crippen LogP contribution in [0, 0.1) is 5.92 Å². The highest BCUT2D eigenvalue weighted by atomic mass is 16.3. The van der Waals surface area contributed by atoms with Gasteiger partial charge in [-0.1, -0.05) is 25.0 Å². The third-order valence-electron chi connectivity index (χ3n) is 3.82. The minimum absolute atomic E-state index is 0.263. The molecule has 1 aromatic rings. The number of rotatable bonds is 2. The van der Waals surface area contributed by atoms with E-state index in [9.17, 15) is 5.11 Å². The number of benzene rings is 1. The van der Waals surface area contributed by atoms with Gasteiger partial charge in [0.05, 0.1) is 0 Å². The normalized spacial score (nSPS) is 27.6. The van der Waals surface area contributed by atoms with E-state index in [-0.39, 0.29) is 6.04 Å². The Balaban J connectivity index is 2.19. The van der Waals surface area contributed by atoms with Gasteiger partial charge < -0.3 is 10.8 Å². The molecule has 1 aromatic carbocycles. The van der Waals surface area contributed by atoms with Gasteiger partial charge >= 0.3 is 0 Å². The van der Waals surface area contributed by atoms with Crippen molar-refractivity contribution in [2.75, 3.05) is 0 Å². The summed E-state index contributed by atoms with van der Waals surface area (Å²) in [6, 6.07) is 7.91. The Labute approximate surface area is 97.5 Å². The van der Waals surface area contributed by atoms with Gasteiger partial charge in [-0.15, -0.1) is 0 Å². The summed E-state index contributed by atoms with van der Waals surface area (Å²) in [4.78, 5) is 0. The van der Waals surface area contributed by atoms with Crippen molar-refractivity contribution in [2.24, 2.45) is 11.7 Å². The quantitative estimate of drug-likeness (QED) is 0.803. The molecule has 0 saturated heterocycles. The monoisotopic (exact) mass is 219 g/mol. The molecule has 2 nitrogen and oxygen atoms in total.